The van der Waals surface area contributed by atoms with E-state index in [1.807, 2.05) is 6.08 Å². The molecular weight excluding hydrogens is 416 g/mol. The van der Waals surface area contributed by atoms with E-state index >= 15 is 0 Å². The van der Waals surface area contributed by atoms with E-state index in [9.17, 15) is 14.7 Å². The Bertz CT molecular complexity index is 680. The van der Waals surface area contributed by atoms with Crippen molar-refractivity contribution in [2.45, 2.75) is 116 Å². The molecule has 0 bridgehead atoms. The number of allylic oxidation sites excluding steroid dienone is 2. The van der Waals surface area contributed by atoms with E-state index < -0.39 is 20.4 Å². The molecular formula is C27H46O4Si. The first kappa shape index (κ1) is 28.6. The normalized spacial score (nSPS) is 19.8. The molecule has 1 aliphatic carbocycles. The van der Waals surface area contributed by atoms with Crippen LogP contribution in [0.4, 0.5) is 0 Å². The summed E-state index contributed by atoms with van der Waals surface area (Å²) in [6.07, 6.45) is 17.2. The van der Waals surface area contributed by atoms with Crippen molar-refractivity contribution in [3.63, 3.8) is 0 Å². The largest absolute Gasteiger partial charge is 0.479 e. The van der Waals surface area contributed by atoms with Crippen LogP contribution in [0.25, 0.3) is 0 Å². The van der Waals surface area contributed by atoms with Gasteiger partial charge in [0.05, 0.1) is 0 Å². The third-order valence-electron chi connectivity index (χ3n) is 7.10. The van der Waals surface area contributed by atoms with Crippen molar-refractivity contribution in [2.75, 3.05) is 0 Å². The summed E-state index contributed by atoms with van der Waals surface area (Å²) >= 11 is 0. The number of carboxylic acid groups (broad SMARTS) is 1. The van der Waals surface area contributed by atoms with Crippen molar-refractivity contribution >= 4 is 20.6 Å². The number of aliphatic carboxylic acids is 1. The van der Waals surface area contributed by atoms with Gasteiger partial charge in [0.15, 0.2) is 14.4 Å². The Hall–Kier alpha value is -1.42. The number of hydrogen-bond donors (Lipinski definition) is 1. The zero-order valence-corrected chi connectivity index (χ0v) is 22.3. The third kappa shape index (κ3) is 9.60. The second-order valence-corrected chi connectivity index (χ2v) is 15.4. The lowest BCUT2D eigenvalue weighted by molar-refractivity contribution is -0.143. The summed E-state index contributed by atoms with van der Waals surface area (Å²) < 4.78 is 6.02. The van der Waals surface area contributed by atoms with Crippen molar-refractivity contribution in [3.05, 3.63) is 29.5 Å². The highest BCUT2D eigenvalue weighted by molar-refractivity contribution is 6.74. The van der Waals surface area contributed by atoms with Crippen molar-refractivity contribution < 1.29 is 19.1 Å². The number of carboxylic acids is 1. The molecule has 0 amide bonds. The SMILES string of the molecule is CCCCCCCCC1=CCC(C=O)[C@@H]1CCC=C=CC(O[Si](C)(C)C(C)(C)C)C(=O)O. The molecule has 0 aliphatic heterocycles. The van der Waals surface area contributed by atoms with E-state index in [2.05, 4.69) is 52.6 Å². The molecule has 3 atom stereocenters. The molecule has 32 heavy (non-hydrogen) atoms. The number of aldehydes is 1. The number of carbonyl (C=O) groups excluding carboxylic acids is 1. The molecule has 0 aromatic rings. The minimum absolute atomic E-state index is 0.0523. The van der Waals surface area contributed by atoms with E-state index in [-0.39, 0.29) is 11.0 Å². The third-order valence-corrected chi connectivity index (χ3v) is 11.6. The van der Waals surface area contributed by atoms with Gasteiger partial charge in [-0.05, 0) is 68.3 Å². The fourth-order valence-corrected chi connectivity index (χ4v) is 5.13. The fourth-order valence-electron chi connectivity index (χ4n) is 3.98. The molecule has 182 valence electrons. The first-order chi connectivity index (χ1) is 15.0. The Morgan fingerprint density at radius 1 is 1.25 bits per heavy atom. The minimum atomic E-state index is -2.18. The van der Waals surface area contributed by atoms with Gasteiger partial charge >= 0.3 is 5.97 Å². The number of unbranched alkanes of at least 4 members (excludes halogenated alkanes) is 5. The van der Waals surface area contributed by atoms with Gasteiger partial charge in [-0.15, -0.1) is 5.73 Å². The molecule has 2 unspecified atom stereocenters. The van der Waals surface area contributed by atoms with Crippen LogP contribution in [0, 0.1) is 11.8 Å². The average Bonchev–Trinajstić information content (AvgIpc) is 3.10. The van der Waals surface area contributed by atoms with E-state index in [0.717, 1.165) is 32.0 Å². The van der Waals surface area contributed by atoms with Crippen LogP contribution in [0.3, 0.4) is 0 Å². The van der Waals surface area contributed by atoms with E-state index in [0.29, 0.717) is 5.92 Å². The Morgan fingerprint density at radius 3 is 2.50 bits per heavy atom. The molecule has 0 aromatic carbocycles. The zero-order chi connectivity index (χ0) is 24.2. The van der Waals surface area contributed by atoms with Crippen LogP contribution >= 0.6 is 0 Å². The highest BCUT2D eigenvalue weighted by Crippen LogP contribution is 2.38. The number of hydrogen-bond acceptors (Lipinski definition) is 3. The van der Waals surface area contributed by atoms with Gasteiger partial charge < -0.3 is 14.3 Å². The van der Waals surface area contributed by atoms with E-state index in [4.69, 9.17) is 4.43 Å². The summed E-state index contributed by atoms with van der Waals surface area (Å²) in [4.78, 5) is 23.2. The summed E-state index contributed by atoms with van der Waals surface area (Å²) in [6.45, 7) is 12.6. The molecule has 0 heterocycles. The van der Waals surface area contributed by atoms with Crippen molar-refractivity contribution in [3.8, 4) is 0 Å². The molecule has 0 saturated carbocycles. The number of carbonyl (C=O) groups is 2. The molecule has 0 saturated heterocycles. The maximum Gasteiger partial charge on any atom is 0.336 e. The predicted octanol–water partition coefficient (Wildman–Crippen LogP) is 7.46. The summed E-state index contributed by atoms with van der Waals surface area (Å²) in [5.41, 5.74) is 4.49. The highest BCUT2D eigenvalue weighted by atomic mass is 28.4. The summed E-state index contributed by atoms with van der Waals surface area (Å²) in [7, 11) is -2.18. The maximum atomic E-state index is 11.7. The van der Waals surface area contributed by atoms with E-state index in [1.54, 1.807) is 0 Å². The lowest BCUT2D eigenvalue weighted by atomic mass is 9.86. The number of rotatable bonds is 15. The Balaban J connectivity index is 2.60. The van der Waals surface area contributed by atoms with Crippen LogP contribution < -0.4 is 0 Å². The summed E-state index contributed by atoms with van der Waals surface area (Å²) in [5, 5.41) is 9.50. The van der Waals surface area contributed by atoms with Gasteiger partial charge in [-0.25, -0.2) is 4.79 Å². The van der Waals surface area contributed by atoms with Gasteiger partial charge in [0.1, 0.15) is 6.29 Å². The van der Waals surface area contributed by atoms with Crippen LogP contribution in [0.5, 0.6) is 0 Å². The van der Waals surface area contributed by atoms with Crippen molar-refractivity contribution in [1.29, 1.82) is 0 Å². The van der Waals surface area contributed by atoms with Crippen LogP contribution in [0.2, 0.25) is 18.1 Å². The molecule has 1 rings (SSSR count). The quantitative estimate of drug-likeness (QED) is 0.0901. The first-order valence-electron chi connectivity index (χ1n) is 12.5. The summed E-state index contributed by atoms with van der Waals surface area (Å²) in [6, 6.07) is 0. The second-order valence-electron chi connectivity index (χ2n) is 10.7. The molecule has 0 radical (unpaired) electrons. The molecule has 1 N–H and O–H groups in total. The highest BCUT2D eigenvalue weighted by Gasteiger charge is 2.40. The van der Waals surface area contributed by atoms with Gasteiger partial charge in [0.25, 0.3) is 0 Å². The molecule has 0 aromatic heterocycles. The average molecular weight is 463 g/mol. The molecule has 1 aliphatic rings. The van der Waals surface area contributed by atoms with Gasteiger partial charge in [0.2, 0.25) is 0 Å². The molecule has 0 spiro atoms. The van der Waals surface area contributed by atoms with Crippen molar-refractivity contribution in [1.82, 2.24) is 0 Å². The summed E-state index contributed by atoms with van der Waals surface area (Å²) in [5.74, 6) is -0.562. The fraction of sp³-hybridized carbons (Fsp3) is 0.741. The minimum Gasteiger partial charge on any atom is -0.479 e. The second kappa shape index (κ2) is 14.0. The monoisotopic (exact) mass is 462 g/mol. The lowest BCUT2D eigenvalue weighted by Gasteiger charge is -2.37. The smallest absolute Gasteiger partial charge is 0.336 e. The Labute approximate surface area is 197 Å². The van der Waals surface area contributed by atoms with Gasteiger partial charge in [-0.1, -0.05) is 71.4 Å². The van der Waals surface area contributed by atoms with Gasteiger partial charge in [-0.2, -0.15) is 0 Å². The lowest BCUT2D eigenvalue weighted by Crippen LogP contribution is -2.45. The van der Waals surface area contributed by atoms with Crippen LogP contribution in [0.15, 0.2) is 29.5 Å². The zero-order valence-electron chi connectivity index (χ0n) is 21.3. The van der Waals surface area contributed by atoms with Gasteiger partial charge in [0, 0.05) is 5.92 Å². The topological polar surface area (TPSA) is 63.6 Å². The predicted molar refractivity (Wildman–Crippen MR) is 135 cm³/mol. The van der Waals surface area contributed by atoms with Crippen LogP contribution in [0.1, 0.15) is 91.9 Å². The van der Waals surface area contributed by atoms with Crippen molar-refractivity contribution in [2.24, 2.45) is 11.8 Å². The molecule has 5 heteroatoms. The van der Waals surface area contributed by atoms with Crippen LogP contribution in [-0.4, -0.2) is 31.8 Å². The Morgan fingerprint density at radius 2 is 1.91 bits per heavy atom. The maximum absolute atomic E-state index is 11.7. The van der Waals surface area contributed by atoms with E-state index in [1.165, 1.54) is 50.2 Å². The standard InChI is InChI=1S/C27H46O4Si/c1-7-8-9-10-11-13-16-22-19-20-23(21-28)24(22)17-14-12-15-18-25(26(29)30)31-32(5,6)27(2,3)4/h12,18-19,21,23-25H,7-11,13-14,16-17,20H2,1-6H3,(H,29,30)/t15?,23?,24-,25?/m1/s1. The molecule has 4 nitrogen and oxygen atoms in total. The first-order valence-corrected chi connectivity index (χ1v) is 15.4. The van der Waals surface area contributed by atoms with Crippen LogP contribution in [-0.2, 0) is 14.0 Å². The van der Waals surface area contributed by atoms with Gasteiger partial charge in [-0.3, -0.25) is 0 Å². The Kier molecular flexibility index (Phi) is 12.5. The molecule has 0 fully saturated rings.